The maximum atomic E-state index is 13.5. The van der Waals surface area contributed by atoms with Crippen molar-refractivity contribution in [2.24, 2.45) is 0 Å². The fraction of sp³-hybridized carbons (Fsp3) is 0.400. The van der Waals surface area contributed by atoms with Gasteiger partial charge in [0.15, 0.2) is 6.20 Å². The van der Waals surface area contributed by atoms with E-state index in [9.17, 15) is 27.2 Å². The van der Waals surface area contributed by atoms with Gasteiger partial charge in [-0.15, -0.1) is 11.8 Å². The molecule has 0 spiro atoms. The van der Waals surface area contributed by atoms with Gasteiger partial charge >= 0.3 is 12.1 Å². The van der Waals surface area contributed by atoms with Crippen molar-refractivity contribution in [1.82, 2.24) is 9.55 Å². The van der Waals surface area contributed by atoms with E-state index >= 15 is 0 Å². The summed E-state index contributed by atoms with van der Waals surface area (Å²) in [6.45, 7) is 0.431. The molecular weight excluding hydrogens is 425 g/mol. The Bertz CT molecular complexity index is 1090. The van der Waals surface area contributed by atoms with E-state index in [1.54, 1.807) is 0 Å². The molecule has 3 aromatic rings. The number of thioether (sulfide) groups is 1. The average Bonchev–Trinajstić information content (AvgIpc) is 3.43. The number of fused-ring (bicyclic) bond motifs is 1. The number of pyridine rings is 2. The lowest BCUT2D eigenvalue weighted by atomic mass is 10.1. The Kier molecular flexibility index (Phi) is 5.16. The van der Waals surface area contributed by atoms with Crippen LogP contribution in [0.15, 0.2) is 41.7 Å². The van der Waals surface area contributed by atoms with Crippen LogP contribution in [-0.2, 0) is 6.54 Å². The topological polar surface area (TPSA) is 44.8 Å². The van der Waals surface area contributed by atoms with Crippen LogP contribution in [-0.4, -0.2) is 27.4 Å². The van der Waals surface area contributed by atoms with Crippen molar-refractivity contribution >= 4 is 22.7 Å². The third kappa shape index (κ3) is 3.84. The molecule has 0 atom stereocenters. The summed E-state index contributed by atoms with van der Waals surface area (Å²) in [5.41, 5.74) is 1.81. The molecule has 0 aliphatic heterocycles. The third-order valence-electron chi connectivity index (χ3n) is 5.05. The van der Waals surface area contributed by atoms with Crippen molar-refractivity contribution in [3.8, 4) is 11.4 Å². The highest BCUT2D eigenvalue weighted by atomic mass is 32.2. The van der Waals surface area contributed by atoms with Crippen LogP contribution < -0.4 is 4.73 Å². The maximum absolute atomic E-state index is 13.5. The number of hydrogen-bond acceptors (Lipinski definition) is 3. The molecule has 1 fully saturated rings. The van der Waals surface area contributed by atoms with Gasteiger partial charge in [-0.2, -0.15) is 26.7 Å². The third-order valence-corrected chi connectivity index (χ3v) is 5.96. The highest BCUT2D eigenvalue weighted by molar-refractivity contribution is 7.99. The molecule has 3 aromatic heterocycles. The molecule has 0 bridgehead atoms. The Balaban J connectivity index is 1.73. The summed E-state index contributed by atoms with van der Waals surface area (Å²) in [6, 6.07) is 4.96. The fourth-order valence-corrected chi connectivity index (χ4v) is 4.23. The van der Waals surface area contributed by atoms with Crippen LogP contribution in [0.4, 0.5) is 22.0 Å². The molecule has 3 heterocycles. The summed E-state index contributed by atoms with van der Waals surface area (Å²) in [7, 11) is 0. The molecule has 1 saturated carbocycles. The van der Waals surface area contributed by atoms with Gasteiger partial charge in [-0.1, -0.05) is 6.92 Å². The average molecular weight is 443 g/mol. The first kappa shape index (κ1) is 20.9. The Labute approximate surface area is 173 Å². The first-order valence-electron chi connectivity index (χ1n) is 9.40. The Morgan fingerprint density at radius 3 is 2.60 bits per heavy atom. The zero-order chi connectivity index (χ0) is 21.7. The highest BCUT2D eigenvalue weighted by Gasteiger charge is 2.57. The minimum absolute atomic E-state index is 0.138. The molecule has 160 valence electrons. The first-order valence-corrected chi connectivity index (χ1v) is 10.4. The summed E-state index contributed by atoms with van der Waals surface area (Å²) in [4.78, 5) is 4.99. The summed E-state index contributed by atoms with van der Waals surface area (Å²) in [6.07, 6.45) is 0.394. The molecule has 1 aliphatic rings. The van der Waals surface area contributed by atoms with Crippen molar-refractivity contribution in [2.75, 3.05) is 5.75 Å². The summed E-state index contributed by atoms with van der Waals surface area (Å²) < 4.78 is 66.1. The van der Waals surface area contributed by atoms with Crippen LogP contribution in [0.2, 0.25) is 0 Å². The quantitative estimate of drug-likeness (QED) is 0.218. The van der Waals surface area contributed by atoms with Gasteiger partial charge < -0.3 is 9.77 Å². The predicted molar refractivity (Wildman–Crippen MR) is 104 cm³/mol. The zero-order valence-corrected chi connectivity index (χ0v) is 16.7. The number of alkyl halides is 5. The van der Waals surface area contributed by atoms with Crippen LogP contribution in [0.25, 0.3) is 22.3 Å². The van der Waals surface area contributed by atoms with E-state index < -0.39 is 18.6 Å². The van der Waals surface area contributed by atoms with Crippen LogP contribution in [0.5, 0.6) is 0 Å². The fourth-order valence-electron chi connectivity index (χ4n) is 3.37. The molecule has 0 amide bonds. The van der Waals surface area contributed by atoms with Crippen molar-refractivity contribution in [3.05, 3.63) is 47.6 Å². The van der Waals surface area contributed by atoms with Crippen molar-refractivity contribution in [2.45, 2.75) is 49.2 Å². The second-order valence-corrected chi connectivity index (χ2v) is 8.60. The van der Waals surface area contributed by atoms with Gasteiger partial charge in [0.1, 0.15) is 5.69 Å². The van der Waals surface area contributed by atoms with E-state index in [0.717, 1.165) is 38.4 Å². The molecule has 0 radical (unpaired) electrons. The second-order valence-electron chi connectivity index (χ2n) is 7.29. The van der Waals surface area contributed by atoms with E-state index in [1.807, 2.05) is 13.0 Å². The van der Waals surface area contributed by atoms with Gasteiger partial charge in [0.05, 0.1) is 23.2 Å². The van der Waals surface area contributed by atoms with Crippen LogP contribution in [0.3, 0.4) is 0 Å². The molecule has 0 saturated heterocycles. The zero-order valence-electron chi connectivity index (χ0n) is 15.9. The standard InChI is InChI=1S/C20H18F5N3OS/c1-2-30-17-8-14(12-3-4-12)10-28(29)18(17)15-7-13-5-6-27(16(13)9-26-15)11-19(21,22)20(23,24)25/h5-10,12H,2-4,11H2,1H3. The molecule has 0 N–H and O–H groups in total. The smallest absolute Gasteiger partial charge is 0.455 e. The van der Waals surface area contributed by atoms with Crippen molar-refractivity contribution in [3.63, 3.8) is 0 Å². The number of aromatic nitrogens is 3. The molecule has 4 nitrogen and oxygen atoms in total. The molecular formula is C20H18F5N3OS. The summed E-state index contributed by atoms with van der Waals surface area (Å²) in [5, 5.41) is 13.2. The second kappa shape index (κ2) is 7.40. The van der Waals surface area contributed by atoms with E-state index in [-0.39, 0.29) is 5.52 Å². The molecule has 0 unspecified atom stereocenters. The number of halogens is 5. The van der Waals surface area contributed by atoms with E-state index in [4.69, 9.17) is 0 Å². The van der Waals surface area contributed by atoms with E-state index in [2.05, 4.69) is 4.98 Å². The molecule has 30 heavy (non-hydrogen) atoms. The summed E-state index contributed by atoms with van der Waals surface area (Å²) >= 11 is 1.50. The Hall–Kier alpha value is -2.36. The predicted octanol–water partition coefficient (Wildman–Crippen LogP) is 5.52. The lowest BCUT2D eigenvalue weighted by Crippen LogP contribution is -2.40. The molecule has 1 aliphatic carbocycles. The Morgan fingerprint density at radius 1 is 1.23 bits per heavy atom. The van der Waals surface area contributed by atoms with Crippen LogP contribution in [0, 0.1) is 5.21 Å². The molecule has 0 aromatic carbocycles. The SMILES string of the molecule is CCSc1cc(C2CC2)c[n+]([O-])c1-c1cc2ccn(CC(F)(F)C(F)(F)F)c2cn1. The maximum Gasteiger partial charge on any atom is 0.455 e. The minimum atomic E-state index is -5.64. The minimum Gasteiger partial charge on any atom is -0.618 e. The van der Waals surface area contributed by atoms with Gasteiger partial charge in [-0.25, -0.2) is 4.98 Å². The van der Waals surface area contributed by atoms with Gasteiger partial charge in [0, 0.05) is 17.1 Å². The molecule has 10 heteroatoms. The monoisotopic (exact) mass is 443 g/mol. The first-order chi connectivity index (χ1) is 14.1. The lowest BCUT2D eigenvalue weighted by molar-refractivity contribution is -0.596. The van der Waals surface area contributed by atoms with Gasteiger partial charge in [-0.05, 0) is 42.7 Å². The van der Waals surface area contributed by atoms with Crippen molar-refractivity contribution < 1.29 is 26.7 Å². The number of hydrogen-bond donors (Lipinski definition) is 0. The number of nitrogens with zero attached hydrogens (tertiary/aromatic N) is 3. The van der Waals surface area contributed by atoms with Crippen LogP contribution >= 0.6 is 11.8 Å². The highest BCUT2D eigenvalue weighted by Crippen LogP contribution is 2.42. The van der Waals surface area contributed by atoms with Crippen LogP contribution in [0.1, 0.15) is 31.2 Å². The van der Waals surface area contributed by atoms with E-state index in [1.165, 1.54) is 42.5 Å². The van der Waals surface area contributed by atoms with Gasteiger partial charge in [-0.3, -0.25) is 0 Å². The Morgan fingerprint density at radius 2 is 1.97 bits per heavy atom. The normalized spacial score (nSPS) is 15.1. The molecule has 4 rings (SSSR count). The van der Waals surface area contributed by atoms with Crippen molar-refractivity contribution in [1.29, 1.82) is 0 Å². The van der Waals surface area contributed by atoms with E-state index in [0.29, 0.717) is 22.7 Å². The number of rotatable bonds is 6. The van der Waals surface area contributed by atoms with Gasteiger partial charge in [0.2, 0.25) is 0 Å². The lowest BCUT2D eigenvalue weighted by Gasteiger charge is -2.20. The summed E-state index contributed by atoms with van der Waals surface area (Å²) in [5.74, 6) is -3.72. The van der Waals surface area contributed by atoms with Gasteiger partial charge in [0.25, 0.3) is 5.69 Å². The largest absolute Gasteiger partial charge is 0.618 e.